The van der Waals surface area contributed by atoms with Crippen molar-refractivity contribution in [2.45, 2.75) is 0 Å². The fourth-order valence-electron chi connectivity index (χ4n) is 5.34. The summed E-state index contributed by atoms with van der Waals surface area (Å²) in [4.78, 5) is 0. The van der Waals surface area contributed by atoms with Crippen molar-refractivity contribution in [2.75, 3.05) is 5.73 Å². The molecule has 0 aliphatic rings. The summed E-state index contributed by atoms with van der Waals surface area (Å²) in [6.07, 6.45) is 0. The van der Waals surface area contributed by atoms with Gasteiger partial charge < -0.3 is 10.2 Å². The Labute approximate surface area is 221 Å². The highest BCUT2D eigenvalue weighted by molar-refractivity contribution is 6.09. The van der Waals surface area contributed by atoms with Crippen LogP contribution in [0.25, 0.3) is 66.4 Å². The standard InChI is InChI=1S/C36H25NO/c37-31-22-29(21-30(23-31)32-15-9-16-34-33-14-7-8-17-35(33)38-36(32)34)28-19-26(24-10-3-1-4-11-24)18-27(20-28)25-12-5-2-6-13-25/h1-23H,37H2. The molecule has 0 spiro atoms. The number of anilines is 1. The smallest absolute Gasteiger partial charge is 0.143 e. The Bertz CT molecular complexity index is 1860. The van der Waals surface area contributed by atoms with E-state index in [2.05, 4.69) is 103 Å². The largest absolute Gasteiger partial charge is 0.455 e. The molecule has 180 valence electrons. The Morgan fingerprint density at radius 2 is 0.895 bits per heavy atom. The molecule has 0 aliphatic heterocycles. The van der Waals surface area contributed by atoms with Gasteiger partial charge in [0.2, 0.25) is 0 Å². The number of hydrogen-bond acceptors (Lipinski definition) is 2. The van der Waals surface area contributed by atoms with Crippen LogP contribution in [0.15, 0.2) is 144 Å². The molecule has 0 fully saturated rings. The second kappa shape index (κ2) is 9.10. The summed E-state index contributed by atoms with van der Waals surface area (Å²) in [5.41, 5.74) is 18.0. The van der Waals surface area contributed by atoms with Crippen molar-refractivity contribution in [3.05, 3.63) is 140 Å². The normalized spacial score (nSPS) is 11.3. The van der Waals surface area contributed by atoms with Crippen LogP contribution >= 0.6 is 0 Å². The summed E-state index contributed by atoms with van der Waals surface area (Å²) in [6.45, 7) is 0. The van der Waals surface area contributed by atoms with Gasteiger partial charge in [0.15, 0.2) is 0 Å². The average Bonchev–Trinajstić information content (AvgIpc) is 3.36. The molecule has 0 aliphatic carbocycles. The molecule has 1 aromatic heterocycles. The van der Waals surface area contributed by atoms with E-state index in [1.54, 1.807) is 0 Å². The van der Waals surface area contributed by atoms with Crippen LogP contribution in [0, 0.1) is 0 Å². The molecular formula is C36H25NO. The van der Waals surface area contributed by atoms with E-state index in [0.29, 0.717) is 0 Å². The molecule has 2 heteroatoms. The molecule has 38 heavy (non-hydrogen) atoms. The van der Waals surface area contributed by atoms with Gasteiger partial charge >= 0.3 is 0 Å². The molecule has 0 saturated carbocycles. The van der Waals surface area contributed by atoms with Gasteiger partial charge in [0.25, 0.3) is 0 Å². The molecule has 7 rings (SSSR count). The van der Waals surface area contributed by atoms with E-state index in [0.717, 1.165) is 49.9 Å². The molecule has 2 nitrogen and oxygen atoms in total. The van der Waals surface area contributed by atoms with E-state index in [-0.39, 0.29) is 0 Å². The third-order valence-electron chi connectivity index (χ3n) is 7.15. The van der Waals surface area contributed by atoms with Crippen molar-refractivity contribution in [1.82, 2.24) is 0 Å². The molecule has 7 aromatic rings. The molecule has 0 radical (unpaired) electrons. The Morgan fingerprint density at radius 3 is 1.58 bits per heavy atom. The Kier molecular flexibility index (Phi) is 5.30. The lowest BCUT2D eigenvalue weighted by Gasteiger charge is -2.13. The summed E-state index contributed by atoms with van der Waals surface area (Å²) in [6, 6.07) is 48.6. The third kappa shape index (κ3) is 3.93. The lowest BCUT2D eigenvalue weighted by Crippen LogP contribution is -1.91. The van der Waals surface area contributed by atoms with Crippen molar-refractivity contribution in [1.29, 1.82) is 0 Å². The number of hydrogen-bond donors (Lipinski definition) is 1. The van der Waals surface area contributed by atoms with Gasteiger partial charge in [-0.25, -0.2) is 0 Å². The van der Waals surface area contributed by atoms with Crippen molar-refractivity contribution < 1.29 is 4.42 Å². The van der Waals surface area contributed by atoms with Gasteiger partial charge in [-0.3, -0.25) is 0 Å². The van der Waals surface area contributed by atoms with E-state index in [4.69, 9.17) is 10.2 Å². The van der Waals surface area contributed by atoms with Crippen LogP contribution in [-0.2, 0) is 0 Å². The summed E-state index contributed by atoms with van der Waals surface area (Å²) >= 11 is 0. The van der Waals surface area contributed by atoms with Crippen molar-refractivity contribution >= 4 is 27.6 Å². The fourth-order valence-corrected chi connectivity index (χ4v) is 5.34. The number of nitrogens with two attached hydrogens (primary N) is 1. The van der Waals surface area contributed by atoms with Gasteiger partial charge in [-0.2, -0.15) is 0 Å². The van der Waals surface area contributed by atoms with Crippen LogP contribution in [-0.4, -0.2) is 0 Å². The van der Waals surface area contributed by atoms with E-state index < -0.39 is 0 Å². The van der Waals surface area contributed by atoms with Crippen molar-refractivity contribution in [3.8, 4) is 44.5 Å². The minimum Gasteiger partial charge on any atom is -0.455 e. The highest BCUT2D eigenvalue weighted by atomic mass is 16.3. The average molecular weight is 488 g/mol. The molecule has 0 saturated heterocycles. The maximum atomic E-state index is 6.52. The predicted molar refractivity (Wildman–Crippen MR) is 160 cm³/mol. The van der Waals surface area contributed by atoms with E-state index >= 15 is 0 Å². The number of para-hydroxylation sites is 2. The van der Waals surface area contributed by atoms with Crippen LogP contribution in [0.5, 0.6) is 0 Å². The maximum absolute atomic E-state index is 6.52. The number of fused-ring (bicyclic) bond motifs is 3. The SMILES string of the molecule is Nc1cc(-c2cc(-c3ccccc3)cc(-c3ccccc3)c2)cc(-c2cccc3c2oc2ccccc23)c1. The van der Waals surface area contributed by atoms with Gasteiger partial charge in [-0.05, 0) is 81.4 Å². The molecular weight excluding hydrogens is 462 g/mol. The van der Waals surface area contributed by atoms with E-state index in [9.17, 15) is 0 Å². The number of nitrogen functional groups attached to an aromatic ring is 1. The third-order valence-corrected chi connectivity index (χ3v) is 7.15. The first kappa shape index (κ1) is 22.1. The maximum Gasteiger partial charge on any atom is 0.143 e. The monoisotopic (exact) mass is 487 g/mol. The summed E-state index contributed by atoms with van der Waals surface area (Å²) in [7, 11) is 0. The van der Waals surface area contributed by atoms with Crippen LogP contribution < -0.4 is 5.73 Å². The molecule has 0 atom stereocenters. The van der Waals surface area contributed by atoms with Gasteiger partial charge in [0.05, 0.1) is 0 Å². The van der Waals surface area contributed by atoms with Crippen LogP contribution in [0.2, 0.25) is 0 Å². The highest BCUT2D eigenvalue weighted by Crippen LogP contribution is 2.39. The summed E-state index contributed by atoms with van der Waals surface area (Å²) in [5.74, 6) is 0. The van der Waals surface area contributed by atoms with Crippen LogP contribution in [0.4, 0.5) is 5.69 Å². The lowest BCUT2D eigenvalue weighted by molar-refractivity contribution is 0.670. The second-order valence-electron chi connectivity index (χ2n) is 9.66. The molecule has 0 bridgehead atoms. The van der Waals surface area contributed by atoms with Crippen LogP contribution in [0.3, 0.4) is 0 Å². The second-order valence-corrected chi connectivity index (χ2v) is 9.66. The van der Waals surface area contributed by atoms with Gasteiger partial charge in [0, 0.05) is 22.0 Å². The van der Waals surface area contributed by atoms with Gasteiger partial charge in [-0.1, -0.05) is 97.1 Å². The number of furan rings is 1. The van der Waals surface area contributed by atoms with Gasteiger partial charge in [0.1, 0.15) is 11.2 Å². The first-order valence-electron chi connectivity index (χ1n) is 12.8. The molecule has 0 amide bonds. The number of rotatable bonds is 4. The fraction of sp³-hybridized carbons (Fsp3) is 0. The minimum atomic E-state index is 0.719. The first-order chi connectivity index (χ1) is 18.7. The van der Waals surface area contributed by atoms with E-state index in [1.165, 1.54) is 22.3 Å². The molecule has 0 unspecified atom stereocenters. The zero-order chi connectivity index (χ0) is 25.5. The Balaban J connectivity index is 1.43. The van der Waals surface area contributed by atoms with Crippen LogP contribution in [0.1, 0.15) is 0 Å². The Hall–Kier alpha value is -5.08. The van der Waals surface area contributed by atoms with Crippen molar-refractivity contribution in [3.63, 3.8) is 0 Å². The minimum absolute atomic E-state index is 0.719. The quantitative estimate of drug-likeness (QED) is 0.251. The zero-order valence-electron chi connectivity index (χ0n) is 20.8. The highest BCUT2D eigenvalue weighted by Gasteiger charge is 2.14. The molecule has 2 N–H and O–H groups in total. The topological polar surface area (TPSA) is 39.2 Å². The Morgan fingerprint density at radius 1 is 0.395 bits per heavy atom. The van der Waals surface area contributed by atoms with Crippen molar-refractivity contribution in [2.24, 2.45) is 0 Å². The summed E-state index contributed by atoms with van der Waals surface area (Å²) < 4.78 is 6.34. The van der Waals surface area contributed by atoms with E-state index in [1.807, 2.05) is 36.4 Å². The summed E-state index contributed by atoms with van der Waals surface area (Å²) in [5, 5.41) is 2.23. The zero-order valence-corrected chi connectivity index (χ0v) is 20.8. The van der Waals surface area contributed by atoms with Gasteiger partial charge in [-0.15, -0.1) is 0 Å². The lowest BCUT2D eigenvalue weighted by atomic mass is 9.91. The number of benzene rings is 6. The first-order valence-corrected chi connectivity index (χ1v) is 12.8. The molecule has 6 aromatic carbocycles. The predicted octanol–water partition coefficient (Wildman–Crippen LogP) is 9.84. The molecule has 1 heterocycles.